The summed E-state index contributed by atoms with van der Waals surface area (Å²) in [7, 11) is 2.05. The Morgan fingerprint density at radius 3 is 2.59 bits per heavy atom. The van der Waals surface area contributed by atoms with Crippen LogP contribution in [-0.2, 0) is 13.0 Å². The van der Waals surface area contributed by atoms with Crippen LogP contribution in [0, 0.1) is 6.92 Å². The van der Waals surface area contributed by atoms with Crippen LogP contribution in [0.25, 0.3) is 10.6 Å². The predicted molar refractivity (Wildman–Crippen MR) is 116 cm³/mol. The van der Waals surface area contributed by atoms with Gasteiger partial charge in [0, 0.05) is 42.9 Å². The monoisotopic (exact) mass is 399 g/mol. The quantitative estimate of drug-likeness (QED) is 0.477. The molecule has 142 valence electrons. The molecule has 0 aliphatic rings. The van der Waals surface area contributed by atoms with Crippen LogP contribution in [0.3, 0.4) is 0 Å². The van der Waals surface area contributed by atoms with Crippen LogP contribution in [0.4, 0.5) is 0 Å². The topological polar surface area (TPSA) is 53.4 Å². The first-order valence-corrected chi connectivity index (χ1v) is 10.8. The summed E-state index contributed by atoms with van der Waals surface area (Å²) in [5, 5.41) is 9.76. The summed E-state index contributed by atoms with van der Waals surface area (Å²) in [6.07, 6.45) is 0.835. The number of hydrogen-bond donors (Lipinski definition) is 1. The highest BCUT2D eigenvalue weighted by molar-refractivity contribution is 7.13. The van der Waals surface area contributed by atoms with Gasteiger partial charge in [0.05, 0.1) is 22.9 Å². The Bertz CT molecular complexity index is 869. The highest BCUT2D eigenvalue weighted by Gasteiger charge is 2.09. The summed E-state index contributed by atoms with van der Waals surface area (Å²) in [6.45, 7) is 6.42. The third-order valence-corrected chi connectivity index (χ3v) is 5.73. The minimum Gasteiger partial charge on any atom is -0.357 e. The van der Waals surface area contributed by atoms with Gasteiger partial charge < -0.3 is 10.2 Å². The molecule has 0 unspecified atom stereocenters. The Kier molecular flexibility index (Phi) is 6.95. The van der Waals surface area contributed by atoms with Crippen molar-refractivity contribution in [3.05, 3.63) is 57.5 Å². The zero-order chi connectivity index (χ0) is 19.1. The maximum Gasteiger partial charge on any atom is 0.194 e. The summed E-state index contributed by atoms with van der Waals surface area (Å²) in [5.74, 6) is 0.904. The summed E-state index contributed by atoms with van der Waals surface area (Å²) < 4.78 is 0. The molecule has 1 aromatic carbocycles. The molecule has 0 radical (unpaired) electrons. The van der Waals surface area contributed by atoms with Crippen molar-refractivity contribution < 1.29 is 0 Å². The molecule has 7 heteroatoms. The first-order chi connectivity index (χ1) is 13.2. The standard InChI is InChI=1S/C20H25N5S2/c1-4-21-20(25(3)12-18-14-26-15(2)23-18)22-11-10-17-13-27-19(24-17)16-8-6-5-7-9-16/h5-9,13-14H,4,10-12H2,1-3H3,(H,21,22). The number of aromatic nitrogens is 2. The van der Waals surface area contributed by atoms with Crippen molar-refractivity contribution in [2.24, 2.45) is 4.99 Å². The maximum absolute atomic E-state index is 4.77. The van der Waals surface area contributed by atoms with Crippen molar-refractivity contribution >= 4 is 28.6 Å². The normalized spacial score (nSPS) is 11.6. The fraction of sp³-hybridized carbons (Fsp3) is 0.350. The predicted octanol–water partition coefficient (Wildman–Crippen LogP) is 4.22. The van der Waals surface area contributed by atoms with Gasteiger partial charge in [0.25, 0.3) is 0 Å². The molecule has 0 saturated heterocycles. The number of rotatable bonds is 7. The highest BCUT2D eigenvalue weighted by atomic mass is 32.1. The second-order valence-corrected chi connectivity index (χ2v) is 8.13. The van der Waals surface area contributed by atoms with Crippen LogP contribution in [-0.4, -0.2) is 41.0 Å². The molecule has 0 atom stereocenters. The summed E-state index contributed by atoms with van der Waals surface area (Å²) >= 11 is 3.37. The van der Waals surface area contributed by atoms with Crippen molar-refractivity contribution in [2.45, 2.75) is 26.8 Å². The van der Waals surface area contributed by atoms with Crippen LogP contribution in [0.5, 0.6) is 0 Å². The zero-order valence-corrected chi connectivity index (χ0v) is 17.6. The van der Waals surface area contributed by atoms with E-state index in [0.29, 0.717) is 6.54 Å². The van der Waals surface area contributed by atoms with Gasteiger partial charge in [-0.05, 0) is 13.8 Å². The Hall–Kier alpha value is -2.25. The largest absolute Gasteiger partial charge is 0.357 e. The number of hydrogen-bond acceptors (Lipinski definition) is 5. The molecule has 27 heavy (non-hydrogen) atoms. The Morgan fingerprint density at radius 1 is 1.11 bits per heavy atom. The molecule has 5 nitrogen and oxygen atoms in total. The molecule has 2 aromatic heterocycles. The van der Waals surface area contributed by atoms with Crippen LogP contribution < -0.4 is 5.32 Å². The summed E-state index contributed by atoms with van der Waals surface area (Å²) in [6, 6.07) is 10.3. The van der Waals surface area contributed by atoms with Crippen LogP contribution in [0.1, 0.15) is 23.3 Å². The van der Waals surface area contributed by atoms with E-state index in [-0.39, 0.29) is 0 Å². The summed E-state index contributed by atoms with van der Waals surface area (Å²) in [5.41, 5.74) is 3.35. The first kappa shape index (κ1) is 19.5. The van der Waals surface area contributed by atoms with Crippen molar-refractivity contribution in [3.8, 4) is 10.6 Å². The number of guanidine groups is 1. The van der Waals surface area contributed by atoms with Crippen molar-refractivity contribution in [1.82, 2.24) is 20.2 Å². The van der Waals surface area contributed by atoms with Gasteiger partial charge >= 0.3 is 0 Å². The lowest BCUT2D eigenvalue weighted by atomic mass is 10.2. The van der Waals surface area contributed by atoms with E-state index in [1.165, 1.54) is 5.56 Å². The highest BCUT2D eigenvalue weighted by Crippen LogP contribution is 2.23. The number of nitrogens with zero attached hydrogens (tertiary/aromatic N) is 4. The van der Waals surface area contributed by atoms with Crippen LogP contribution in [0.2, 0.25) is 0 Å². The van der Waals surface area contributed by atoms with Gasteiger partial charge in [-0.1, -0.05) is 30.3 Å². The molecule has 1 N–H and O–H groups in total. The van der Waals surface area contributed by atoms with Crippen molar-refractivity contribution in [3.63, 3.8) is 0 Å². The minimum absolute atomic E-state index is 0.709. The van der Waals surface area contributed by atoms with E-state index in [9.17, 15) is 0 Å². The molecule has 0 amide bonds. The SMILES string of the molecule is CCNC(=NCCc1csc(-c2ccccc2)n1)N(C)Cc1csc(C)n1. The lowest BCUT2D eigenvalue weighted by molar-refractivity contribution is 0.471. The smallest absolute Gasteiger partial charge is 0.194 e. The Labute approximate surface area is 168 Å². The van der Waals surface area contributed by atoms with Gasteiger partial charge in [-0.25, -0.2) is 9.97 Å². The number of thiazole rings is 2. The van der Waals surface area contributed by atoms with Gasteiger partial charge in [-0.3, -0.25) is 4.99 Å². The van der Waals surface area contributed by atoms with Crippen molar-refractivity contribution in [2.75, 3.05) is 20.1 Å². The average Bonchev–Trinajstić information content (AvgIpc) is 3.31. The molecule has 0 aliphatic carbocycles. The molecule has 0 bridgehead atoms. The maximum atomic E-state index is 4.77. The molecule has 3 aromatic rings. The van der Waals surface area contributed by atoms with E-state index in [2.05, 4.69) is 45.0 Å². The van der Waals surface area contributed by atoms with E-state index in [1.807, 2.05) is 32.2 Å². The minimum atomic E-state index is 0.709. The molecule has 3 rings (SSSR count). The molecule has 0 spiro atoms. The van der Waals surface area contributed by atoms with Gasteiger partial charge in [-0.2, -0.15) is 0 Å². The number of nitrogens with one attached hydrogen (secondary N) is 1. The Balaban J connectivity index is 1.59. The number of aryl methyl sites for hydroxylation is 1. The van der Waals surface area contributed by atoms with E-state index in [0.717, 1.165) is 46.9 Å². The summed E-state index contributed by atoms with van der Waals surface area (Å²) in [4.78, 5) is 16.2. The third kappa shape index (κ3) is 5.61. The second-order valence-electron chi connectivity index (χ2n) is 6.21. The fourth-order valence-electron chi connectivity index (χ4n) is 2.68. The lowest BCUT2D eigenvalue weighted by Crippen LogP contribution is -2.38. The lowest BCUT2D eigenvalue weighted by Gasteiger charge is -2.21. The van der Waals surface area contributed by atoms with Crippen LogP contribution in [0.15, 0.2) is 46.1 Å². The molecule has 0 fully saturated rings. The fourth-order valence-corrected chi connectivity index (χ4v) is 4.14. The van der Waals surface area contributed by atoms with Gasteiger partial charge in [0.15, 0.2) is 5.96 Å². The van der Waals surface area contributed by atoms with Gasteiger partial charge in [0.2, 0.25) is 0 Å². The van der Waals surface area contributed by atoms with E-state index < -0.39 is 0 Å². The average molecular weight is 400 g/mol. The second kappa shape index (κ2) is 9.62. The van der Waals surface area contributed by atoms with E-state index >= 15 is 0 Å². The first-order valence-electron chi connectivity index (χ1n) is 9.06. The molecular weight excluding hydrogens is 374 g/mol. The molecular formula is C20H25N5S2. The van der Waals surface area contributed by atoms with Crippen molar-refractivity contribution in [1.29, 1.82) is 0 Å². The van der Waals surface area contributed by atoms with Crippen LogP contribution >= 0.6 is 22.7 Å². The van der Waals surface area contributed by atoms with Gasteiger partial charge in [-0.15, -0.1) is 22.7 Å². The third-order valence-electron chi connectivity index (χ3n) is 3.96. The van der Waals surface area contributed by atoms with Gasteiger partial charge in [0.1, 0.15) is 5.01 Å². The number of benzene rings is 1. The number of aliphatic imine (C=N–C) groups is 1. The van der Waals surface area contributed by atoms with E-state index in [1.54, 1.807) is 22.7 Å². The molecule has 0 saturated carbocycles. The molecule has 2 heterocycles. The Morgan fingerprint density at radius 2 is 1.89 bits per heavy atom. The van der Waals surface area contributed by atoms with E-state index in [4.69, 9.17) is 9.98 Å². The zero-order valence-electron chi connectivity index (χ0n) is 16.0. The molecule has 0 aliphatic heterocycles.